The number of aromatic nitrogens is 1. The zero-order valence-electron chi connectivity index (χ0n) is 16.1. The van der Waals surface area contributed by atoms with Gasteiger partial charge in [-0.2, -0.15) is 11.8 Å². The molecule has 1 aromatic carbocycles. The zero-order valence-corrected chi connectivity index (χ0v) is 17.8. The van der Waals surface area contributed by atoms with Gasteiger partial charge < -0.3 is 4.74 Å². The van der Waals surface area contributed by atoms with E-state index in [9.17, 15) is 4.79 Å². The predicted molar refractivity (Wildman–Crippen MR) is 119 cm³/mol. The van der Waals surface area contributed by atoms with Crippen molar-refractivity contribution in [1.82, 2.24) is 9.88 Å². The van der Waals surface area contributed by atoms with E-state index < -0.39 is 0 Å². The number of hydrogen-bond acceptors (Lipinski definition) is 6. The van der Waals surface area contributed by atoms with Gasteiger partial charge in [-0.05, 0) is 36.9 Å². The van der Waals surface area contributed by atoms with Gasteiger partial charge in [0.15, 0.2) is 0 Å². The molecule has 2 heterocycles. The summed E-state index contributed by atoms with van der Waals surface area (Å²) in [6.45, 7) is 5.27. The number of nitrogens with zero attached hydrogens (tertiary/aromatic N) is 2. The first kappa shape index (κ1) is 21.0. The van der Waals surface area contributed by atoms with Crippen LogP contribution in [0.3, 0.4) is 0 Å². The van der Waals surface area contributed by atoms with Crippen molar-refractivity contribution >= 4 is 29.5 Å². The molecule has 1 fully saturated rings. The molecule has 1 aliphatic rings. The molecular formula is C22H26N2O2S2. The van der Waals surface area contributed by atoms with Gasteiger partial charge in [-0.3, -0.25) is 9.88 Å². The van der Waals surface area contributed by atoms with Crippen LogP contribution in [0.15, 0.2) is 67.0 Å². The molecule has 0 saturated carbocycles. The quantitative estimate of drug-likeness (QED) is 0.518. The predicted octanol–water partition coefficient (Wildman–Crippen LogP) is 4.32. The maximum atomic E-state index is 12.2. The third-order valence-electron chi connectivity index (χ3n) is 4.70. The molecule has 0 radical (unpaired) electrons. The van der Waals surface area contributed by atoms with E-state index in [4.69, 9.17) is 4.74 Å². The summed E-state index contributed by atoms with van der Waals surface area (Å²) >= 11 is 3.87. The number of likely N-dealkylation sites (N-methyl/N-ethyl adjacent to an activating group) is 1. The number of rotatable bonds is 6. The average Bonchev–Trinajstić information content (AvgIpc) is 2.72. The largest absolute Gasteiger partial charge is 0.461 e. The molecule has 1 saturated heterocycles. The van der Waals surface area contributed by atoms with Crippen molar-refractivity contribution in [1.29, 1.82) is 0 Å². The van der Waals surface area contributed by atoms with Crippen LogP contribution >= 0.6 is 23.5 Å². The lowest BCUT2D eigenvalue weighted by molar-refractivity contribution is 0.0458. The molecule has 148 valence electrons. The van der Waals surface area contributed by atoms with E-state index in [1.165, 1.54) is 11.1 Å². The van der Waals surface area contributed by atoms with E-state index in [2.05, 4.69) is 35.6 Å². The highest BCUT2D eigenvalue weighted by Crippen LogP contribution is 2.38. The number of hydrogen-bond donors (Lipinski definition) is 0. The molecule has 0 aliphatic carbocycles. The molecule has 2 atom stereocenters. The third-order valence-corrected chi connectivity index (χ3v) is 7.41. The summed E-state index contributed by atoms with van der Waals surface area (Å²) in [5.74, 6) is 2.72. The summed E-state index contributed by atoms with van der Waals surface area (Å²) < 4.78 is 5.49. The minimum Gasteiger partial charge on any atom is -0.461 e. The molecule has 1 aromatic heterocycles. The Morgan fingerprint density at radius 2 is 1.96 bits per heavy atom. The zero-order chi connectivity index (χ0) is 19.8. The van der Waals surface area contributed by atoms with Crippen molar-refractivity contribution in [3.8, 4) is 0 Å². The summed E-state index contributed by atoms with van der Waals surface area (Å²) in [5, 5.41) is 0.336. The van der Waals surface area contributed by atoms with E-state index in [1.807, 2.05) is 54.1 Å². The maximum Gasteiger partial charge on any atom is 0.338 e. The van der Waals surface area contributed by atoms with Crippen molar-refractivity contribution < 1.29 is 9.53 Å². The molecule has 2 unspecified atom stereocenters. The molecular weight excluding hydrogens is 388 g/mol. The van der Waals surface area contributed by atoms with Gasteiger partial charge >= 0.3 is 5.97 Å². The van der Waals surface area contributed by atoms with Gasteiger partial charge in [-0.1, -0.05) is 30.4 Å². The van der Waals surface area contributed by atoms with E-state index in [1.54, 1.807) is 12.1 Å². The van der Waals surface area contributed by atoms with Gasteiger partial charge in [0.05, 0.1) is 5.56 Å². The highest BCUT2D eigenvalue weighted by molar-refractivity contribution is 8.01. The minimum absolute atomic E-state index is 0.266. The summed E-state index contributed by atoms with van der Waals surface area (Å²) in [4.78, 5) is 18.6. The van der Waals surface area contributed by atoms with Gasteiger partial charge in [0.1, 0.15) is 6.61 Å². The Balaban J connectivity index is 1.62. The van der Waals surface area contributed by atoms with Crippen LogP contribution in [0, 0.1) is 0 Å². The standard InChI is InChI=1S/C22H26N2O2S2/c1-17-14-27-16-20(21(28-15-17)18-8-10-23-11-9-18)24(2)12-13-26-22(25)19-6-4-3-5-7-19/h3-11,20-21H,1,12-16H2,2H3. The van der Waals surface area contributed by atoms with Gasteiger partial charge in [0, 0.05) is 47.5 Å². The van der Waals surface area contributed by atoms with Crippen LogP contribution in [0.5, 0.6) is 0 Å². The Hall–Kier alpha value is -1.76. The van der Waals surface area contributed by atoms with Crippen LogP contribution in [0.2, 0.25) is 0 Å². The lowest BCUT2D eigenvalue weighted by Gasteiger charge is -2.36. The number of carbonyl (C=O) groups excluding carboxylic acids is 1. The number of carbonyl (C=O) groups is 1. The first-order valence-electron chi connectivity index (χ1n) is 9.33. The number of pyridine rings is 1. The normalized spacial score (nSPS) is 20.4. The molecule has 0 amide bonds. The molecule has 0 bridgehead atoms. The van der Waals surface area contributed by atoms with E-state index in [-0.39, 0.29) is 5.97 Å². The number of thioether (sulfide) groups is 2. The Morgan fingerprint density at radius 3 is 2.71 bits per heavy atom. The van der Waals surface area contributed by atoms with Crippen LogP contribution in [-0.2, 0) is 4.74 Å². The molecule has 3 rings (SSSR count). The summed E-state index contributed by atoms with van der Waals surface area (Å²) in [5.41, 5.74) is 3.16. The van der Waals surface area contributed by atoms with Crippen LogP contribution in [0.1, 0.15) is 21.2 Å². The summed E-state index contributed by atoms with van der Waals surface area (Å²) in [6.07, 6.45) is 3.71. The fourth-order valence-electron chi connectivity index (χ4n) is 3.11. The molecule has 2 aromatic rings. The van der Waals surface area contributed by atoms with Gasteiger partial charge in [-0.15, -0.1) is 11.8 Å². The molecule has 1 aliphatic heterocycles. The number of esters is 1. The van der Waals surface area contributed by atoms with Crippen molar-refractivity contribution in [3.05, 3.63) is 78.1 Å². The molecule has 4 nitrogen and oxygen atoms in total. The Bertz CT molecular complexity index is 771. The van der Waals surface area contributed by atoms with E-state index >= 15 is 0 Å². The van der Waals surface area contributed by atoms with Crippen molar-refractivity contribution in [2.45, 2.75) is 11.3 Å². The smallest absolute Gasteiger partial charge is 0.338 e. The Morgan fingerprint density at radius 1 is 1.21 bits per heavy atom. The summed E-state index contributed by atoms with van der Waals surface area (Å²) in [6, 6.07) is 13.7. The summed E-state index contributed by atoms with van der Waals surface area (Å²) in [7, 11) is 2.12. The van der Waals surface area contributed by atoms with E-state index in [0.29, 0.717) is 30.0 Å². The number of ether oxygens (including phenoxy) is 1. The molecule has 6 heteroatoms. The van der Waals surface area contributed by atoms with Gasteiger partial charge in [0.25, 0.3) is 0 Å². The Labute approximate surface area is 175 Å². The lowest BCUT2D eigenvalue weighted by Crippen LogP contribution is -2.40. The first-order valence-corrected chi connectivity index (χ1v) is 11.5. The number of benzene rings is 1. The third kappa shape index (κ3) is 5.87. The topological polar surface area (TPSA) is 42.4 Å². The average molecular weight is 415 g/mol. The molecule has 28 heavy (non-hydrogen) atoms. The highest BCUT2D eigenvalue weighted by atomic mass is 32.2. The fourth-order valence-corrected chi connectivity index (χ4v) is 5.95. The second-order valence-corrected chi connectivity index (χ2v) is 8.99. The molecule has 0 spiro atoms. The minimum atomic E-state index is -0.266. The van der Waals surface area contributed by atoms with Gasteiger partial charge in [0.2, 0.25) is 0 Å². The van der Waals surface area contributed by atoms with Crippen LogP contribution in [0.25, 0.3) is 0 Å². The molecule has 0 N–H and O–H groups in total. The van der Waals surface area contributed by atoms with Crippen LogP contribution < -0.4 is 0 Å². The second-order valence-electron chi connectivity index (χ2n) is 6.83. The fraction of sp³-hybridized carbons (Fsp3) is 0.364. The van der Waals surface area contributed by atoms with Crippen LogP contribution in [0.4, 0.5) is 0 Å². The van der Waals surface area contributed by atoms with Crippen molar-refractivity contribution in [3.63, 3.8) is 0 Å². The first-order chi connectivity index (χ1) is 13.6. The van der Waals surface area contributed by atoms with E-state index in [0.717, 1.165) is 17.3 Å². The van der Waals surface area contributed by atoms with Crippen molar-refractivity contribution in [2.75, 3.05) is 37.5 Å². The maximum absolute atomic E-state index is 12.2. The Kier molecular flexibility index (Phi) is 8.01. The van der Waals surface area contributed by atoms with Crippen LogP contribution in [-0.4, -0.2) is 59.4 Å². The van der Waals surface area contributed by atoms with Gasteiger partial charge in [-0.25, -0.2) is 4.79 Å². The van der Waals surface area contributed by atoms with Crippen molar-refractivity contribution in [2.24, 2.45) is 0 Å². The second kappa shape index (κ2) is 10.7. The highest BCUT2D eigenvalue weighted by Gasteiger charge is 2.29. The lowest BCUT2D eigenvalue weighted by atomic mass is 10.1. The SMILES string of the molecule is C=C1CSCC(N(C)CCOC(=O)c2ccccc2)C(c2ccncc2)SC1. The monoisotopic (exact) mass is 414 g/mol.